The number of benzene rings is 2. The van der Waals surface area contributed by atoms with Crippen molar-refractivity contribution in [2.75, 3.05) is 31.2 Å². The van der Waals surface area contributed by atoms with Gasteiger partial charge < -0.3 is 19.7 Å². The second kappa shape index (κ2) is 9.43. The summed E-state index contributed by atoms with van der Waals surface area (Å²) in [6.45, 7) is 1.51. The molecule has 2 aromatic rings. The average molecular weight is 459 g/mol. The number of cyclic esters (lactones) is 2. The van der Waals surface area contributed by atoms with E-state index in [-0.39, 0.29) is 32.1 Å². The lowest BCUT2D eigenvalue weighted by molar-refractivity contribution is -0.119. The highest BCUT2D eigenvalue weighted by Crippen LogP contribution is 2.29. The molecule has 33 heavy (non-hydrogen) atoms. The van der Waals surface area contributed by atoms with Gasteiger partial charge in [-0.05, 0) is 29.3 Å². The Labute approximate surface area is 189 Å². The molecule has 2 aromatic carbocycles. The van der Waals surface area contributed by atoms with Crippen molar-refractivity contribution >= 4 is 23.8 Å². The minimum absolute atomic E-state index is 0.189. The lowest BCUT2D eigenvalue weighted by Crippen LogP contribution is -2.33. The van der Waals surface area contributed by atoms with Crippen molar-refractivity contribution in [2.24, 2.45) is 0 Å². The third-order valence-corrected chi connectivity index (χ3v) is 5.48. The summed E-state index contributed by atoms with van der Waals surface area (Å²) in [6.07, 6.45) is -2.40. The molecule has 1 N–H and O–H groups in total. The van der Waals surface area contributed by atoms with Gasteiger partial charge in [0.25, 0.3) is 0 Å². The maximum atomic E-state index is 14.9. The number of hydrogen-bond acceptors (Lipinski definition) is 5. The van der Waals surface area contributed by atoms with Crippen molar-refractivity contribution in [1.82, 2.24) is 10.2 Å². The Morgan fingerprint density at radius 3 is 2.42 bits per heavy atom. The van der Waals surface area contributed by atoms with Gasteiger partial charge in [-0.1, -0.05) is 24.3 Å². The summed E-state index contributed by atoms with van der Waals surface area (Å²) in [5.41, 5.74) is 2.14. The zero-order valence-electron chi connectivity index (χ0n) is 17.9. The van der Waals surface area contributed by atoms with Crippen LogP contribution in [0.1, 0.15) is 12.5 Å². The van der Waals surface area contributed by atoms with Crippen molar-refractivity contribution in [3.8, 4) is 11.1 Å². The maximum Gasteiger partial charge on any atom is 0.414 e. The van der Waals surface area contributed by atoms with Crippen LogP contribution in [-0.2, 0) is 20.8 Å². The second-order valence-corrected chi connectivity index (χ2v) is 7.96. The highest BCUT2D eigenvalue weighted by molar-refractivity contribution is 5.90. The summed E-state index contributed by atoms with van der Waals surface area (Å²) in [7, 11) is 0. The first-order chi connectivity index (χ1) is 15.8. The fraction of sp³-hybridized carbons (Fsp3) is 0.348. The molecule has 8 nitrogen and oxygen atoms in total. The minimum atomic E-state index is -0.738. The predicted molar refractivity (Wildman–Crippen MR) is 115 cm³/mol. The maximum absolute atomic E-state index is 14.9. The van der Waals surface area contributed by atoms with Crippen LogP contribution in [0.2, 0.25) is 0 Å². The average Bonchev–Trinajstić information content (AvgIpc) is 3.34. The molecule has 4 rings (SSSR count). The van der Waals surface area contributed by atoms with Crippen LogP contribution in [-0.4, -0.2) is 61.5 Å². The molecule has 174 valence electrons. The lowest BCUT2D eigenvalue weighted by atomic mass is 10.0. The van der Waals surface area contributed by atoms with E-state index >= 15 is 0 Å². The first kappa shape index (κ1) is 22.5. The minimum Gasteiger partial charge on any atom is -0.442 e. The second-order valence-electron chi connectivity index (χ2n) is 7.96. The summed E-state index contributed by atoms with van der Waals surface area (Å²) in [6, 6.07) is 11.5. The van der Waals surface area contributed by atoms with E-state index in [0.717, 1.165) is 5.56 Å². The highest BCUT2D eigenvalue weighted by Gasteiger charge is 2.33. The van der Waals surface area contributed by atoms with E-state index in [1.165, 1.54) is 22.8 Å². The molecule has 0 aliphatic carbocycles. The smallest absolute Gasteiger partial charge is 0.414 e. The summed E-state index contributed by atoms with van der Waals surface area (Å²) in [5.74, 6) is -0.734. The Morgan fingerprint density at radius 2 is 1.79 bits per heavy atom. The topological polar surface area (TPSA) is 88.2 Å². The van der Waals surface area contributed by atoms with Crippen LogP contribution in [0.3, 0.4) is 0 Å². The molecule has 2 unspecified atom stereocenters. The molecular formula is C23H23F2N3O5. The Bertz CT molecular complexity index is 1060. The number of ether oxygens (including phenoxy) is 2. The van der Waals surface area contributed by atoms with Gasteiger partial charge in [-0.25, -0.2) is 18.4 Å². The predicted octanol–water partition coefficient (Wildman–Crippen LogP) is 3.24. The van der Waals surface area contributed by atoms with E-state index in [0.29, 0.717) is 16.8 Å². The molecule has 3 amide bonds. The van der Waals surface area contributed by atoms with E-state index in [1.807, 2.05) is 0 Å². The largest absolute Gasteiger partial charge is 0.442 e. The number of hydrogen-bond donors (Lipinski definition) is 1. The summed E-state index contributed by atoms with van der Waals surface area (Å²) >= 11 is 0. The van der Waals surface area contributed by atoms with Gasteiger partial charge in [0, 0.05) is 19.0 Å². The first-order valence-corrected chi connectivity index (χ1v) is 10.5. The third kappa shape index (κ3) is 5.05. The molecule has 0 bridgehead atoms. The number of amides is 3. The van der Waals surface area contributed by atoms with Gasteiger partial charge in [-0.3, -0.25) is 9.69 Å². The van der Waals surface area contributed by atoms with Crippen molar-refractivity contribution in [3.05, 3.63) is 53.8 Å². The SMILES string of the molecule is CC(=O)NCC1CN(c2ccc(-c3ccc(CN4CC(CF)OC4=O)cc3)c(F)c2)C(=O)O1. The van der Waals surface area contributed by atoms with E-state index in [9.17, 15) is 23.2 Å². The monoisotopic (exact) mass is 459 g/mol. The zero-order valence-corrected chi connectivity index (χ0v) is 17.9. The van der Waals surface area contributed by atoms with Crippen molar-refractivity contribution in [3.63, 3.8) is 0 Å². The van der Waals surface area contributed by atoms with Gasteiger partial charge in [0.1, 0.15) is 24.7 Å². The molecule has 2 atom stereocenters. The molecule has 0 saturated carbocycles. The third-order valence-electron chi connectivity index (χ3n) is 5.48. The van der Waals surface area contributed by atoms with E-state index in [1.54, 1.807) is 36.4 Å². The van der Waals surface area contributed by atoms with Gasteiger partial charge in [0.05, 0.1) is 25.3 Å². The number of anilines is 1. The van der Waals surface area contributed by atoms with Crippen LogP contribution in [0.5, 0.6) is 0 Å². The molecule has 2 fully saturated rings. The molecule has 0 radical (unpaired) electrons. The van der Waals surface area contributed by atoms with E-state index in [2.05, 4.69) is 5.32 Å². The first-order valence-electron chi connectivity index (χ1n) is 10.5. The summed E-state index contributed by atoms with van der Waals surface area (Å²) < 4.78 is 37.7. The number of carbonyl (C=O) groups excluding carboxylic acids is 3. The van der Waals surface area contributed by atoms with Crippen LogP contribution >= 0.6 is 0 Å². The van der Waals surface area contributed by atoms with Gasteiger partial charge in [-0.15, -0.1) is 0 Å². The van der Waals surface area contributed by atoms with Crippen molar-refractivity contribution < 1.29 is 32.6 Å². The zero-order chi connectivity index (χ0) is 23.5. The van der Waals surface area contributed by atoms with Crippen molar-refractivity contribution in [1.29, 1.82) is 0 Å². The molecule has 2 aliphatic rings. The Balaban J connectivity index is 1.42. The van der Waals surface area contributed by atoms with Gasteiger partial charge >= 0.3 is 12.2 Å². The summed E-state index contributed by atoms with van der Waals surface area (Å²) in [4.78, 5) is 37.7. The van der Waals surface area contributed by atoms with E-state index < -0.39 is 36.9 Å². The van der Waals surface area contributed by atoms with Gasteiger partial charge in [0.2, 0.25) is 5.91 Å². The molecule has 2 heterocycles. The highest BCUT2D eigenvalue weighted by atomic mass is 19.1. The van der Waals surface area contributed by atoms with Crippen molar-refractivity contribution in [2.45, 2.75) is 25.7 Å². The molecular weight excluding hydrogens is 436 g/mol. The summed E-state index contributed by atoms with van der Waals surface area (Å²) in [5, 5.41) is 2.59. The Morgan fingerprint density at radius 1 is 1.06 bits per heavy atom. The number of rotatable bonds is 7. The molecule has 2 aliphatic heterocycles. The molecule has 10 heteroatoms. The van der Waals surface area contributed by atoms with Crippen LogP contribution in [0, 0.1) is 5.82 Å². The number of carbonyl (C=O) groups is 3. The van der Waals surface area contributed by atoms with Gasteiger partial charge in [0.15, 0.2) is 0 Å². The molecule has 0 spiro atoms. The Hall–Kier alpha value is -3.69. The lowest BCUT2D eigenvalue weighted by Gasteiger charge is -2.15. The molecule has 2 saturated heterocycles. The van der Waals surface area contributed by atoms with Crippen LogP contribution in [0.25, 0.3) is 11.1 Å². The standard InChI is InChI=1S/C23H23F2N3O5/c1-14(29)26-10-19-13-28(23(31)33-19)17-6-7-20(21(25)8-17)16-4-2-15(3-5-16)11-27-12-18(9-24)32-22(27)30/h2-8,18-19H,9-13H2,1H3,(H,26,29). The van der Waals surface area contributed by atoms with Gasteiger partial charge in [-0.2, -0.15) is 0 Å². The van der Waals surface area contributed by atoms with E-state index in [4.69, 9.17) is 9.47 Å². The molecule has 0 aromatic heterocycles. The Kier molecular flexibility index (Phi) is 6.43. The number of halogens is 2. The number of nitrogens with one attached hydrogen (secondary N) is 1. The van der Waals surface area contributed by atoms with Crippen LogP contribution in [0.15, 0.2) is 42.5 Å². The quantitative estimate of drug-likeness (QED) is 0.687. The number of nitrogens with zero attached hydrogens (tertiary/aromatic N) is 2. The van der Waals surface area contributed by atoms with Crippen LogP contribution < -0.4 is 10.2 Å². The number of alkyl halides is 1. The van der Waals surface area contributed by atoms with Crippen LogP contribution in [0.4, 0.5) is 24.1 Å². The fourth-order valence-electron chi connectivity index (χ4n) is 3.80. The fourth-order valence-corrected chi connectivity index (χ4v) is 3.80. The normalized spacial score (nSPS) is 20.1.